The molecule has 0 N–H and O–H groups in total. The monoisotopic (exact) mass is 230 g/mol. The second kappa shape index (κ2) is 4.28. The number of alkyl halides is 3. The maximum atomic E-state index is 12.5. The fraction of sp³-hybridized carbons (Fsp3) is 0.417. The summed E-state index contributed by atoms with van der Waals surface area (Å²) in [5.74, 6) is -0.192. The molecule has 0 heterocycles. The highest BCUT2D eigenvalue weighted by Gasteiger charge is 2.31. The van der Waals surface area contributed by atoms with Crippen LogP contribution in [0.15, 0.2) is 12.1 Å². The molecule has 1 rings (SSSR count). The van der Waals surface area contributed by atoms with E-state index in [9.17, 15) is 18.0 Å². The topological polar surface area (TPSA) is 17.1 Å². The molecule has 0 aliphatic carbocycles. The zero-order valence-corrected chi connectivity index (χ0v) is 9.40. The Labute approximate surface area is 92.3 Å². The summed E-state index contributed by atoms with van der Waals surface area (Å²) in [5.41, 5.74) is 0.571. The second-order valence-corrected chi connectivity index (χ2v) is 3.73. The van der Waals surface area contributed by atoms with Crippen molar-refractivity contribution in [3.05, 3.63) is 34.4 Å². The number of rotatable bonds is 2. The van der Waals surface area contributed by atoms with Crippen molar-refractivity contribution in [3.8, 4) is 0 Å². The van der Waals surface area contributed by atoms with Crippen molar-refractivity contribution >= 4 is 5.78 Å². The van der Waals surface area contributed by atoms with Gasteiger partial charge in [0.25, 0.3) is 0 Å². The molecule has 0 atom stereocenters. The maximum Gasteiger partial charge on any atom is 0.416 e. The maximum absolute atomic E-state index is 12.5. The average molecular weight is 230 g/mol. The van der Waals surface area contributed by atoms with Crippen LogP contribution in [0.1, 0.15) is 40.9 Å². The minimum Gasteiger partial charge on any atom is -0.294 e. The zero-order chi connectivity index (χ0) is 12.5. The highest BCUT2D eigenvalue weighted by molar-refractivity contribution is 5.97. The van der Waals surface area contributed by atoms with Gasteiger partial charge >= 0.3 is 6.18 Å². The highest BCUT2D eigenvalue weighted by Crippen LogP contribution is 2.32. The molecular weight excluding hydrogens is 217 g/mol. The van der Waals surface area contributed by atoms with Crippen LogP contribution in [-0.4, -0.2) is 5.78 Å². The van der Waals surface area contributed by atoms with Crippen LogP contribution in [0.3, 0.4) is 0 Å². The Hall–Kier alpha value is -1.32. The fourth-order valence-electron chi connectivity index (χ4n) is 1.81. The molecule has 0 aliphatic rings. The summed E-state index contributed by atoms with van der Waals surface area (Å²) in [6.45, 7) is 4.64. The zero-order valence-electron chi connectivity index (χ0n) is 9.40. The van der Waals surface area contributed by atoms with Gasteiger partial charge in [-0.2, -0.15) is 13.2 Å². The predicted octanol–water partition coefficient (Wildman–Crippen LogP) is 3.78. The Balaban J connectivity index is 3.44. The lowest BCUT2D eigenvalue weighted by atomic mass is 9.94. The molecule has 16 heavy (non-hydrogen) atoms. The molecule has 0 radical (unpaired) electrons. The normalized spacial score (nSPS) is 11.6. The van der Waals surface area contributed by atoms with E-state index < -0.39 is 11.7 Å². The van der Waals surface area contributed by atoms with Crippen LogP contribution in [0.5, 0.6) is 0 Å². The van der Waals surface area contributed by atoms with Gasteiger partial charge in [0.05, 0.1) is 5.56 Å². The summed E-state index contributed by atoms with van der Waals surface area (Å²) < 4.78 is 37.6. The molecule has 1 nitrogen and oxygen atoms in total. The van der Waals surface area contributed by atoms with Crippen molar-refractivity contribution in [2.75, 3.05) is 0 Å². The van der Waals surface area contributed by atoms with Gasteiger partial charge in [-0.25, -0.2) is 0 Å². The van der Waals surface area contributed by atoms with Gasteiger partial charge in [0.1, 0.15) is 0 Å². The average Bonchev–Trinajstić information content (AvgIpc) is 2.14. The minimum atomic E-state index is -4.36. The number of benzene rings is 1. The molecule has 0 fully saturated rings. The highest BCUT2D eigenvalue weighted by atomic mass is 19.4. The van der Waals surface area contributed by atoms with Crippen LogP contribution >= 0.6 is 0 Å². The van der Waals surface area contributed by atoms with Gasteiger partial charge in [-0.05, 0) is 43.5 Å². The summed E-state index contributed by atoms with van der Waals surface area (Å²) in [7, 11) is 0. The molecule has 0 saturated heterocycles. The van der Waals surface area contributed by atoms with Gasteiger partial charge in [-0.3, -0.25) is 4.79 Å². The van der Waals surface area contributed by atoms with E-state index in [1.165, 1.54) is 13.8 Å². The molecule has 0 aromatic heterocycles. The van der Waals surface area contributed by atoms with Gasteiger partial charge in [-0.1, -0.05) is 6.92 Å². The number of carbonyl (C=O) groups excluding carboxylic acids is 1. The number of hydrogen-bond donors (Lipinski definition) is 0. The fourth-order valence-corrected chi connectivity index (χ4v) is 1.81. The molecule has 0 amide bonds. The van der Waals surface area contributed by atoms with Crippen LogP contribution in [0.4, 0.5) is 13.2 Å². The molecule has 4 heteroatoms. The van der Waals surface area contributed by atoms with E-state index >= 15 is 0 Å². The standard InChI is InChI=1S/C12H13F3O/c1-4-9-6-10(12(13,14)15)5-7(2)11(9)8(3)16/h5-6H,4H2,1-3H3. The summed E-state index contributed by atoms with van der Waals surface area (Å²) in [4.78, 5) is 11.3. The van der Waals surface area contributed by atoms with Gasteiger partial charge in [0, 0.05) is 5.56 Å². The first-order valence-electron chi connectivity index (χ1n) is 4.99. The number of aryl methyl sites for hydroxylation is 2. The number of carbonyl (C=O) groups is 1. The summed E-state index contributed by atoms with van der Waals surface area (Å²) in [5, 5.41) is 0. The van der Waals surface area contributed by atoms with Crippen molar-refractivity contribution in [2.24, 2.45) is 0 Å². The SMILES string of the molecule is CCc1cc(C(F)(F)F)cc(C)c1C(C)=O. The van der Waals surface area contributed by atoms with Crippen molar-refractivity contribution < 1.29 is 18.0 Å². The first-order valence-corrected chi connectivity index (χ1v) is 4.99. The number of Topliss-reactive ketones (excluding diaryl/α,β-unsaturated/α-hetero) is 1. The number of hydrogen-bond acceptors (Lipinski definition) is 1. The molecule has 1 aromatic rings. The first kappa shape index (κ1) is 12.7. The van der Waals surface area contributed by atoms with Gasteiger partial charge in [0.15, 0.2) is 5.78 Å². The third-order valence-corrected chi connectivity index (χ3v) is 2.48. The molecule has 0 spiro atoms. The first-order chi connectivity index (χ1) is 7.27. The lowest BCUT2D eigenvalue weighted by Crippen LogP contribution is -2.10. The lowest BCUT2D eigenvalue weighted by Gasteiger charge is -2.13. The van der Waals surface area contributed by atoms with Crippen molar-refractivity contribution in [1.82, 2.24) is 0 Å². The Morgan fingerprint density at radius 2 is 1.88 bits per heavy atom. The largest absolute Gasteiger partial charge is 0.416 e. The van der Waals surface area contributed by atoms with E-state index in [1.54, 1.807) is 6.92 Å². The van der Waals surface area contributed by atoms with Crippen LogP contribution < -0.4 is 0 Å². The Bertz CT molecular complexity index is 419. The molecule has 1 aromatic carbocycles. The van der Waals surface area contributed by atoms with E-state index in [4.69, 9.17) is 0 Å². The van der Waals surface area contributed by atoms with Gasteiger partial charge in [0.2, 0.25) is 0 Å². The van der Waals surface area contributed by atoms with Crippen LogP contribution in [-0.2, 0) is 12.6 Å². The predicted molar refractivity (Wildman–Crippen MR) is 55.6 cm³/mol. The molecular formula is C12H13F3O. The Morgan fingerprint density at radius 1 is 1.31 bits per heavy atom. The summed E-state index contributed by atoms with van der Waals surface area (Å²) >= 11 is 0. The van der Waals surface area contributed by atoms with E-state index in [-0.39, 0.29) is 5.78 Å². The molecule has 0 bridgehead atoms. The Morgan fingerprint density at radius 3 is 2.25 bits per heavy atom. The lowest BCUT2D eigenvalue weighted by molar-refractivity contribution is -0.137. The molecule has 88 valence electrons. The van der Waals surface area contributed by atoms with E-state index in [0.717, 1.165) is 12.1 Å². The van der Waals surface area contributed by atoms with E-state index in [1.807, 2.05) is 0 Å². The van der Waals surface area contributed by atoms with Gasteiger partial charge in [-0.15, -0.1) is 0 Å². The van der Waals surface area contributed by atoms with Crippen LogP contribution in [0, 0.1) is 6.92 Å². The van der Waals surface area contributed by atoms with Crippen molar-refractivity contribution in [2.45, 2.75) is 33.4 Å². The van der Waals surface area contributed by atoms with Crippen LogP contribution in [0.25, 0.3) is 0 Å². The van der Waals surface area contributed by atoms with Crippen molar-refractivity contribution in [1.29, 1.82) is 0 Å². The Kier molecular flexibility index (Phi) is 3.41. The van der Waals surface area contributed by atoms with Crippen LogP contribution in [0.2, 0.25) is 0 Å². The third kappa shape index (κ3) is 2.43. The van der Waals surface area contributed by atoms with E-state index in [0.29, 0.717) is 23.1 Å². The quantitative estimate of drug-likeness (QED) is 0.706. The second-order valence-electron chi connectivity index (χ2n) is 3.73. The van der Waals surface area contributed by atoms with Crippen molar-refractivity contribution in [3.63, 3.8) is 0 Å². The van der Waals surface area contributed by atoms with Gasteiger partial charge < -0.3 is 0 Å². The third-order valence-electron chi connectivity index (χ3n) is 2.48. The summed E-state index contributed by atoms with van der Waals surface area (Å²) in [6, 6.07) is 2.08. The smallest absolute Gasteiger partial charge is 0.294 e. The van der Waals surface area contributed by atoms with E-state index in [2.05, 4.69) is 0 Å². The molecule has 0 unspecified atom stereocenters. The number of ketones is 1. The molecule has 0 aliphatic heterocycles. The number of halogens is 3. The minimum absolute atomic E-state index is 0.192. The summed E-state index contributed by atoms with van der Waals surface area (Å²) in [6.07, 6.45) is -3.94. The molecule has 0 saturated carbocycles.